The van der Waals surface area contributed by atoms with Crippen molar-refractivity contribution in [3.63, 3.8) is 0 Å². The van der Waals surface area contributed by atoms with E-state index >= 15 is 0 Å². The van der Waals surface area contributed by atoms with Crippen LogP contribution in [0.4, 0.5) is 0 Å². The van der Waals surface area contributed by atoms with E-state index in [1.165, 1.54) is 16.7 Å². The van der Waals surface area contributed by atoms with Crippen LogP contribution in [0.3, 0.4) is 0 Å². The predicted molar refractivity (Wildman–Crippen MR) is 65.9 cm³/mol. The molecule has 0 N–H and O–H groups in total. The number of benzene rings is 1. The van der Waals surface area contributed by atoms with Gasteiger partial charge in [0.05, 0.1) is 0 Å². The van der Waals surface area contributed by atoms with Gasteiger partial charge in [-0.1, -0.05) is 18.2 Å². The smallest absolute Gasteiger partial charge is 0.0273 e. The second kappa shape index (κ2) is 4.90. The van der Waals surface area contributed by atoms with E-state index in [4.69, 9.17) is 0 Å². The van der Waals surface area contributed by atoms with Gasteiger partial charge in [-0.15, -0.1) is 0 Å². The van der Waals surface area contributed by atoms with E-state index in [-0.39, 0.29) is 0 Å². The van der Waals surface area contributed by atoms with Crippen LogP contribution >= 0.6 is 0 Å². The summed E-state index contributed by atoms with van der Waals surface area (Å²) in [6.45, 7) is 0.901. The molecule has 2 nitrogen and oxygen atoms in total. The first-order valence-electron chi connectivity index (χ1n) is 5.32. The number of hydrogen-bond donors (Lipinski definition) is 0. The molecule has 1 aromatic heterocycles. The molecule has 0 fully saturated rings. The summed E-state index contributed by atoms with van der Waals surface area (Å²) in [5, 5.41) is 0. The highest BCUT2D eigenvalue weighted by Crippen LogP contribution is 2.23. The summed E-state index contributed by atoms with van der Waals surface area (Å²) < 4.78 is 0. The van der Waals surface area contributed by atoms with Crippen LogP contribution in [0.25, 0.3) is 11.1 Å². The number of nitrogens with zero attached hydrogens (tertiary/aromatic N) is 2. The Balaban J connectivity index is 2.41. The van der Waals surface area contributed by atoms with Crippen LogP contribution in [-0.2, 0) is 6.54 Å². The molecule has 81 valence electrons. The molecule has 2 heteroatoms. The molecule has 0 saturated heterocycles. The Morgan fingerprint density at radius 3 is 2.62 bits per heavy atom. The molecule has 1 aromatic carbocycles. The van der Waals surface area contributed by atoms with Crippen LogP contribution in [0, 0.1) is 6.07 Å². The topological polar surface area (TPSA) is 16.1 Å². The molecule has 1 heterocycles. The zero-order valence-electron chi connectivity index (χ0n) is 9.64. The molecule has 16 heavy (non-hydrogen) atoms. The predicted octanol–water partition coefficient (Wildman–Crippen LogP) is 2.61. The van der Waals surface area contributed by atoms with E-state index < -0.39 is 0 Å². The van der Waals surface area contributed by atoms with Crippen molar-refractivity contribution in [2.24, 2.45) is 0 Å². The Labute approximate surface area is 96.6 Å². The van der Waals surface area contributed by atoms with Gasteiger partial charge < -0.3 is 4.90 Å². The molecule has 1 radical (unpaired) electrons. The minimum Gasteiger partial charge on any atom is -0.305 e. The van der Waals surface area contributed by atoms with Crippen molar-refractivity contribution in [2.45, 2.75) is 6.54 Å². The van der Waals surface area contributed by atoms with Crippen molar-refractivity contribution in [3.05, 3.63) is 54.4 Å². The normalized spacial score (nSPS) is 10.7. The second-order valence-corrected chi connectivity index (χ2v) is 4.04. The minimum absolute atomic E-state index is 0.901. The zero-order chi connectivity index (χ0) is 11.4. The van der Waals surface area contributed by atoms with E-state index in [2.05, 4.69) is 36.1 Å². The molecule has 0 atom stereocenters. The maximum Gasteiger partial charge on any atom is 0.0273 e. The van der Waals surface area contributed by atoms with Crippen molar-refractivity contribution in [1.82, 2.24) is 9.88 Å². The quantitative estimate of drug-likeness (QED) is 0.775. The Morgan fingerprint density at radius 1 is 1.19 bits per heavy atom. The van der Waals surface area contributed by atoms with Crippen molar-refractivity contribution >= 4 is 0 Å². The third-order valence-electron chi connectivity index (χ3n) is 2.41. The molecule has 0 spiro atoms. The van der Waals surface area contributed by atoms with Gasteiger partial charge in [0.15, 0.2) is 0 Å². The Hall–Kier alpha value is -1.67. The van der Waals surface area contributed by atoms with Crippen molar-refractivity contribution < 1.29 is 0 Å². The van der Waals surface area contributed by atoms with E-state index in [9.17, 15) is 0 Å². The van der Waals surface area contributed by atoms with E-state index in [0.29, 0.717) is 0 Å². The second-order valence-electron chi connectivity index (χ2n) is 4.04. The largest absolute Gasteiger partial charge is 0.305 e. The third kappa shape index (κ3) is 2.47. The maximum absolute atomic E-state index is 4.04. The van der Waals surface area contributed by atoms with E-state index in [0.717, 1.165) is 6.54 Å². The van der Waals surface area contributed by atoms with Crippen molar-refractivity contribution in [1.29, 1.82) is 0 Å². The first kappa shape index (κ1) is 10.8. The van der Waals surface area contributed by atoms with Gasteiger partial charge in [0, 0.05) is 18.9 Å². The van der Waals surface area contributed by atoms with Gasteiger partial charge >= 0.3 is 0 Å². The van der Waals surface area contributed by atoms with Crippen LogP contribution in [0.5, 0.6) is 0 Å². The lowest BCUT2D eigenvalue weighted by molar-refractivity contribution is 0.403. The summed E-state index contributed by atoms with van der Waals surface area (Å²) in [6.07, 6.45) is 3.64. The van der Waals surface area contributed by atoms with E-state index in [1.807, 2.05) is 36.7 Å². The standard InChI is InChI=1S/C14H15N2/c1-16(2)11-13-5-3-4-6-14(13)12-7-9-15-10-8-12/h3-4,6-10H,11H2,1-2H3. The van der Waals surface area contributed by atoms with Gasteiger partial charge in [-0.3, -0.25) is 4.98 Å². The Bertz CT molecular complexity index is 449. The number of hydrogen-bond acceptors (Lipinski definition) is 2. The van der Waals surface area contributed by atoms with Gasteiger partial charge in [-0.05, 0) is 49.0 Å². The highest BCUT2D eigenvalue weighted by molar-refractivity contribution is 5.66. The lowest BCUT2D eigenvalue weighted by Gasteiger charge is -2.13. The molecule has 0 unspecified atom stereocenters. The Kier molecular flexibility index (Phi) is 3.32. The van der Waals surface area contributed by atoms with Crippen molar-refractivity contribution in [2.75, 3.05) is 14.1 Å². The molecule has 0 aliphatic carbocycles. The first-order chi connectivity index (χ1) is 7.77. The van der Waals surface area contributed by atoms with Crippen LogP contribution in [0.2, 0.25) is 0 Å². The van der Waals surface area contributed by atoms with Gasteiger partial charge in [0.1, 0.15) is 0 Å². The van der Waals surface area contributed by atoms with Crippen LogP contribution in [0.1, 0.15) is 5.56 Å². The van der Waals surface area contributed by atoms with Gasteiger partial charge in [0.25, 0.3) is 0 Å². The average molecular weight is 211 g/mol. The molecule has 2 rings (SSSR count). The summed E-state index contributed by atoms with van der Waals surface area (Å²) in [6, 6.07) is 13.5. The fraction of sp³-hybridized carbons (Fsp3) is 0.214. The molecular weight excluding hydrogens is 196 g/mol. The molecule has 2 aromatic rings. The molecule has 0 bridgehead atoms. The number of rotatable bonds is 3. The van der Waals surface area contributed by atoms with Crippen LogP contribution < -0.4 is 0 Å². The molecule has 0 amide bonds. The summed E-state index contributed by atoms with van der Waals surface area (Å²) in [7, 11) is 4.13. The maximum atomic E-state index is 4.04. The SMILES string of the molecule is CN(C)Cc1[c]cccc1-c1ccncc1. The van der Waals surface area contributed by atoms with Crippen LogP contribution in [-0.4, -0.2) is 24.0 Å². The summed E-state index contributed by atoms with van der Waals surface area (Å²) in [5.74, 6) is 0. The summed E-state index contributed by atoms with van der Waals surface area (Å²) in [4.78, 5) is 6.19. The molecule has 0 saturated carbocycles. The summed E-state index contributed by atoms with van der Waals surface area (Å²) in [5.41, 5.74) is 3.65. The van der Waals surface area contributed by atoms with Crippen LogP contribution in [0.15, 0.2) is 42.7 Å². The highest BCUT2D eigenvalue weighted by atomic mass is 15.0. The fourth-order valence-electron chi connectivity index (χ4n) is 1.72. The zero-order valence-corrected chi connectivity index (χ0v) is 9.64. The fourth-order valence-corrected chi connectivity index (χ4v) is 1.72. The molecule has 0 aliphatic rings. The monoisotopic (exact) mass is 211 g/mol. The minimum atomic E-state index is 0.901. The number of aromatic nitrogens is 1. The van der Waals surface area contributed by atoms with Crippen molar-refractivity contribution in [3.8, 4) is 11.1 Å². The molecule has 0 aliphatic heterocycles. The number of pyridine rings is 1. The van der Waals surface area contributed by atoms with Gasteiger partial charge in [-0.2, -0.15) is 0 Å². The van der Waals surface area contributed by atoms with Gasteiger partial charge in [0.2, 0.25) is 0 Å². The lowest BCUT2D eigenvalue weighted by Crippen LogP contribution is -2.11. The molecular formula is C14H15N2. The Morgan fingerprint density at radius 2 is 1.94 bits per heavy atom. The van der Waals surface area contributed by atoms with E-state index in [1.54, 1.807) is 0 Å². The summed E-state index contributed by atoms with van der Waals surface area (Å²) >= 11 is 0. The first-order valence-corrected chi connectivity index (χ1v) is 5.32. The average Bonchev–Trinajstić information content (AvgIpc) is 2.30. The lowest BCUT2D eigenvalue weighted by atomic mass is 10.0. The third-order valence-corrected chi connectivity index (χ3v) is 2.41. The highest BCUT2D eigenvalue weighted by Gasteiger charge is 2.04. The van der Waals surface area contributed by atoms with Gasteiger partial charge in [-0.25, -0.2) is 0 Å².